The molecule has 0 fully saturated rings. The highest BCUT2D eigenvalue weighted by Crippen LogP contribution is 2.35. The SMILES string of the molecule is COc1cc(C(F)(F)F)ccc1C(O)C(C)N. The summed E-state index contributed by atoms with van der Waals surface area (Å²) < 4.78 is 42.2. The van der Waals surface area contributed by atoms with Crippen molar-refractivity contribution in [3.05, 3.63) is 29.3 Å². The standard InChI is InChI=1S/C11H14F3NO2/c1-6(15)10(16)8-4-3-7(11(12,13)14)5-9(8)17-2/h3-6,10,16H,15H2,1-2H3. The number of hydrogen-bond donors (Lipinski definition) is 2. The van der Waals surface area contributed by atoms with E-state index in [0.29, 0.717) is 0 Å². The van der Waals surface area contributed by atoms with Crippen LogP contribution in [-0.2, 0) is 6.18 Å². The van der Waals surface area contributed by atoms with Crippen LogP contribution < -0.4 is 10.5 Å². The van der Waals surface area contributed by atoms with Gasteiger partial charge in [0.05, 0.1) is 18.8 Å². The molecule has 0 radical (unpaired) electrons. The van der Waals surface area contributed by atoms with Gasteiger partial charge in [0.25, 0.3) is 0 Å². The first-order chi connectivity index (χ1) is 7.77. The lowest BCUT2D eigenvalue weighted by Crippen LogP contribution is -2.25. The predicted molar refractivity (Wildman–Crippen MR) is 56.6 cm³/mol. The fourth-order valence-electron chi connectivity index (χ4n) is 1.42. The Labute approximate surface area is 97.0 Å². The quantitative estimate of drug-likeness (QED) is 0.862. The van der Waals surface area contributed by atoms with Crippen LogP contribution in [0.15, 0.2) is 18.2 Å². The van der Waals surface area contributed by atoms with E-state index in [4.69, 9.17) is 10.5 Å². The van der Waals surface area contributed by atoms with E-state index in [-0.39, 0.29) is 11.3 Å². The van der Waals surface area contributed by atoms with Crippen molar-refractivity contribution >= 4 is 0 Å². The topological polar surface area (TPSA) is 55.5 Å². The summed E-state index contributed by atoms with van der Waals surface area (Å²) >= 11 is 0. The van der Waals surface area contributed by atoms with E-state index in [1.54, 1.807) is 6.92 Å². The van der Waals surface area contributed by atoms with E-state index in [0.717, 1.165) is 12.1 Å². The van der Waals surface area contributed by atoms with Gasteiger partial charge in [-0.1, -0.05) is 6.07 Å². The third-order valence-electron chi connectivity index (χ3n) is 2.38. The molecule has 0 bridgehead atoms. The Morgan fingerprint density at radius 2 is 1.94 bits per heavy atom. The highest BCUT2D eigenvalue weighted by molar-refractivity contribution is 5.40. The summed E-state index contributed by atoms with van der Waals surface area (Å²) in [6, 6.07) is 2.32. The van der Waals surface area contributed by atoms with Crippen molar-refractivity contribution < 1.29 is 23.0 Å². The first kappa shape index (κ1) is 13.8. The fraction of sp³-hybridized carbons (Fsp3) is 0.455. The molecule has 96 valence electrons. The predicted octanol–water partition coefficient (Wildman–Crippen LogP) is 2.09. The zero-order valence-corrected chi connectivity index (χ0v) is 9.45. The lowest BCUT2D eigenvalue weighted by Gasteiger charge is -2.19. The molecule has 0 aromatic heterocycles. The molecule has 17 heavy (non-hydrogen) atoms. The lowest BCUT2D eigenvalue weighted by atomic mass is 10.0. The normalized spacial score (nSPS) is 15.5. The maximum absolute atomic E-state index is 12.5. The van der Waals surface area contributed by atoms with Crippen LogP contribution in [0.5, 0.6) is 5.75 Å². The van der Waals surface area contributed by atoms with Gasteiger partial charge < -0.3 is 15.6 Å². The monoisotopic (exact) mass is 249 g/mol. The average Bonchev–Trinajstić information content (AvgIpc) is 2.25. The number of benzene rings is 1. The van der Waals surface area contributed by atoms with E-state index in [1.165, 1.54) is 13.2 Å². The molecule has 0 saturated heterocycles. The molecule has 3 nitrogen and oxygen atoms in total. The van der Waals surface area contributed by atoms with Gasteiger partial charge in [-0.15, -0.1) is 0 Å². The smallest absolute Gasteiger partial charge is 0.416 e. The van der Waals surface area contributed by atoms with Gasteiger partial charge >= 0.3 is 6.18 Å². The van der Waals surface area contributed by atoms with Crippen LogP contribution in [0.4, 0.5) is 13.2 Å². The second-order valence-corrected chi connectivity index (χ2v) is 3.76. The minimum absolute atomic E-state index is 0.0235. The van der Waals surface area contributed by atoms with Gasteiger partial charge in [0.15, 0.2) is 0 Å². The molecule has 1 aromatic rings. The highest BCUT2D eigenvalue weighted by atomic mass is 19.4. The maximum atomic E-state index is 12.5. The van der Waals surface area contributed by atoms with Gasteiger partial charge in [0.1, 0.15) is 5.75 Å². The molecular weight excluding hydrogens is 235 g/mol. The van der Waals surface area contributed by atoms with Crippen molar-refractivity contribution in [2.45, 2.75) is 25.2 Å². The zero-order valence-electron chi connectivity index (χ0n) is 9.45. The summed E-state index contributed by atoms with van der Waals surface area (Å²) in [4.78, 5) is 0. The molecule has 0 saturated carbocycles. The Morgan fingerprint density at radius 3 is 2.35 bits per heavy atom. The first-order valence-electron chi connectivity index (χ1n) is 4.96. The fourth-order valence-corrected chi connectivity index (χ4v) is 1.42. The molecule has 0 aliphatic rings. The average molecular weight is 249 g/mol. The number of aliphatic hydroxyl groups is 1. The first-order valence-corrected chi connectivity index (χ1v) is 4.96. The van der Waals surface area contributed by atoms with Gasteiger partial charge in [0.2, 0.25) is 0 Å². The Morgan fingerprint density at radius 1 is 1.35 bits per heavy atom. The second-order valence-electron chi connectivity index (χ2n) is 3.76. The number of alkyl halides is 3. The van der Waals surface area contributed by atoms with Crippen LogP contribution in [0.2, 0.25) is 0 Å². The Hall–Kier alpha value is -1.27. The molecule has 6 heteroatoms. The number of halogens is 3. The number of nitrogens with two attached hydrogens (primary N) is 1. The van der Waals surface area contributed by atoms with Crippen LogP contribution in [-0.4, -0.2) is 18.3 Å². The molecule has 3 N–H and O–H groups in total. The number of aliphatic hydroxyl groups excluding tert-OH is 1. The van der Waals surface area contributed by atoms with Gasteiger partial charge in [-0.2, -0.15) is 13.2 Å². The summed E-state index contributed by atoms with van der Waals surface area (Å²) in [5.74, 6) is -0.0235. The van der Waals surface area contributed by atoms with Crippen LogP contribution >= 0.6 is 0 Å². The summed E-state index contributed by atoms with van der Waals surface area (Å²) in [6.07, 6.45) is -5.50. The van der Waals surface area contributed by atoms with Gasteiger partial charge in [-0.3, -0.25) is 0 Å². The third kappa shape index (κ3) is 3.10. The van der Waals surface area contributed by atoms with Gasteiger partial charge in [0, 0.05) is 11.6 Å². The molecule has 0 aliphatic heterocycles. The number of rotatable bonds is 3. The largest absolute Gasteiger partial charge is 0.496 e. The van der Waals surface area contributed by atoms with Crippen LogP contribution in [0.25, 0.3) is 0 Å². The maximum Gasteiger partial charge on any atom is 0.416 e. The Kier molecular flexibility index (Phi) is 4.00. The molecule has 1 aromatic carbocycles. The third-order valence-corrected chi connectivity index (χ3v) is 2.38. The van der Waals surface area contributed by atoms with Crippen molar-refractivity contribution in [2.75, 3.05) is 7.11 Å². The van der Waals surface area contributed by atoms with E-state index in [2.05, 4.69) is 0 Å². The Balaban J connectivity index is 3.19. The van der Waals surface area contributed by atoms with Crippen molar-refractivity contribution in [1.82, 2.24) is 0 Å². The lowest BCUT2D eigenvalue weighted by molar-refractivity contribution is -0.137. The molecule has 0 amide bonds. The summed E-state index contributed by atoms with van der Waals surface area (Å²) in [5.41, 5.74) is 4.91. The molecule has 2 atom stereocenters. The summed E-state index contributed by atoms with van der Waals surface area (Å²) in [7, 11) is 1.24. The molecule has 0 heterocycles. The Bertz CT molecular complexity index is 391. The van der Waals surface area contributed by atoms with Crippen molar-refractivity contribution in [3.8, 4) is 5.75 Å². The molecule has 0 aliphatic carbocycles. The second kappa shape index (κ2) is 4.93. The van der Waals surface area contributed by atoms with E-state index >= 15 is 0 Å². The van der Waals surface area contributed by atoms with Crippen molar-refractivity contribution in [3.63, 3.8) is 0 Å². The minimum atomic E-state index is -4.44. The minimum Gasteiger partial charge on any atom is -0.496 e. The number of hydrogen-bond acceptors (Lipinski definition) is 3. The van der Waals surface area contributed by atoms with Crippen LogP contribution in [0.3, 0.4) is 0 Å². The number of methoxy groups -OCH3 is 1. The van der Waals surface area contributed by atoms with E-state index in [1.807, 2.05) is 0 Å². The number of ether oxygens (including phenoxy) is 1. The van der Waals surface area contributed by atoms with Gasteiger partial charge in [-0.25, -0.2) is 0 Å². The summed E-state index contributed by atoms with van der Waals surface area (Å²) in [6.45, 7) is 1.56. The van der Waals surface area contributed by atoms with Crippen LogP contribution in [0, 0.1) is 0 Å². The molecule has 1 rings (SSSR count). The highest BCUT2D eigenvalue weighted by Gasteiger charge is 2.32. The van der Waals surface area contributed by atoms with E-state index in [9.17, 15) is 18.3 Å². The van der Waals surface area contributed by atoms with E-state index < -0.39 is 23.9 Å². The van der Waals surface area contributed by atoms with Gasteiger partial charge in [-0.05, 0) is 19.1 Å². The van der Waals surface area contributed by atoms with Crippen LogP contribution in [0.1, 0.15) is 24.2 Å². The van der Waals surface area contributed by atoms with Crippen molar-refractivity contribution in [1.29, 1.82) is 0 Å². The molecular formula is C11H14F3NO2. The summed E-state index contributed by atoms with van der Waals surface area (Å²) in [5, 5.41) is 9.72. The molecule has 0 spiro atoms. The van der Waals surface area contributed by atoms with Crippen molar-refractivity contribution in [2.24, 2.45) is 5.73 Å². The zero-order chi connectivity index (χ0) is 13.2. The molecule has 2 unspecified atom stereocenters.